The number of ether oxygens (including phenoxy) is 3. The summed E-state index contributed by atoms with van der Waals surface area (Å²) in [5.41, 5.74) is 1.02. The molecule has 0 radical (unpaired) electrons. The molecular formula is C15H22FNO4. The molecule has 1 N–H and O–H groups in total. The van der Waals surface area contributed by atoms with Crippen molar-refractivity contribution in [3.8, 4) is 0 Å². The molecule has 1 rings (SSSR count). The van der Waals surface area contributed by atoms with Crippen molar-refractivity contribution in [3.63, 3.8) is 0 Å². The summed E-state index contributed by atoms with van der Waals surface area (Å²) in [5.74, 6) is -0.404. The van der Waals surface area contributed by atoms with Gasteiger partial charge < -0.3 is 19.5 Å². The Kier molecular flexibility index (Phi) is 7.71. The second kappa shape index (κ2) is 9.31. The number of benzene rings is 1. The highest BCUT2D eigenvalue weighted by atomic mass is 19.1. The number of alkyl carbamates (subject to hydrolysis) is 1. The zero-order chi connectivity index (χ0) is 15.7. The third kappa shape index (κ3) is 5.69. The molecule has 1 amide bonds. The van der Waals surface area contributed by atoms with Crippen molar-refractivity contribution in [2.24, 2.45) is 0 Å². The molecule has 0 aliphatic rings. The van der Waals surface area contributed by atoms with Crippen LogP contribution >= 0.6 is 0 Å². The van der Waals surface area contributed by atoms with Gasteiger partial charge in [-0.1, -0.05) is 19.4 Å². The van der Waals surface area contributed by atoms with Crippen LogP contribution in [0.2, 0.25) is 0 Å². The van der Waals surface area contributed by atoms with Crippen molar-refractivity contribution in [2.45, 2.75) is 32.6 Å². The Morgan fingerprint density at radius 2 is 2.05 bits per heavy atom. The zero-order valence-electron chi connectivity index (χ0n) is 12.6. The Hall–Kier alpha value is -1.66. The Morgan fingerprint density at radius 3 is 2.67 bits per heavy atom. The first-order valence-electron chi connectivity index (χ1n) is 6.86. The van der Waals surface area contributed by atoms with Crippen molar-refractivity contribution < 1.29 is 23.4 Å². The predicted octanol–water partition coefficient (Wildman–Crippen LogP) is 3.14. The molecule has 0 saturated heterocycles. The number of halogens is 1. The van der Waals surface area contributed by atoms with Crippen LogP contribution in [-0.4, -0.2) is 26.9 Å². The number of unbranched alkanes of at least 4 members (excludes halogenated alkanes) is 1. The van der Waals surface area contributed by atoms with Crippen LogP contribution in [0, 0.1) is 5.82 Å². The van der Waals surface area contributed by atoms with Gasteiger partial charge in [-0.3, -0.25) is 0 Å². The van der Waals surface area contributed by atoms with Crippen LogP contribution in [0.4, 0.5) is 9.18 Å². The third-order valence-electron chi connectivity index (χ3n) is 2.92. The fourth-order valence-electron chi connectivity index (χ4n) is 1.77. The minimum Gasteiger partial charge on any atom is -0.450 e. The Labute approximate surface area is 124 Å². The SMILES string of the molecule is CCCCOC(=O)NCc1cc(C(OC)OC)ccc1F. The topological polar surface area (TPSA) is 56.8 Å². The summed E-state index contributed by atoms with van der Waals surface area (Å²) < 4.78 is 28.9. The van der Waals surface area contributed by atoms with Gasteiger partial charge >= 0.3 is 6.09 Å². The molecule has 0 unspecified atom stereocenters. The molecule has 118 valence electrons. The van der Waals surface area contributed by atoms with E-state index in [-0.39, 0.29) is 6.54 Å². The molecule has 1 aromatic carbocycles. The van der Waals surface area contributed by atoms with E-state index in [0.717, 1.165) is 12.8 Å². The highest BCUT2D eigenvalue weighted by molar-refractivity contribution is 5.67. The summed E-state index contributed by atoms with van der Waals surface area (Å²) in [4.78, 5) is 11.4. The molecule has 0 bridgehead atoms. The van der Waals surface area contributed by atoms with Gasteiger partial charge in [-0.15, -0.1) is 0 Å². The molecule has 0 aliphatic carbocycles. The minimum absolute atomic E-state index is 0.0464. The summed E-state index contributed by atoms with van der Waals surface area (Å²) >= 11 is 0. The number of nitrogens with one attached hydrogen (secondary N) is 1. The summed E-state index contributed by atoms with van der Waals surface area (Å²) in [6.45, 7) is 2.41. The molecule has 0 fully saturated rings. The van der Waals surface area contributed by atoms with Gasteiger partial charge in [-0.05, 0) is 18.6 Å². The number of carbonyl (C=O) groups excluding carboxylic acids is 1. The largest absolute Gasteiger partial charge is 0.450 e. The molecule has 0 atom stereocenters. The lowest BCUT2D eigenvalue weighted by Crippen LogP contribution is -2.24. The number of hydrogen-bond acceptors (Lipinski definition) is 4. The molecule has 0 spiro atoms. The van der Waals surface area contributed by atoms with Gasteiger partial charge in [-0.2, -0.15) is 0 Å². The van der Waals surface area contributed by atoms with E-state index in [9.17, 15) is 9.18 Å². The monoisotopic (exact) mass is 299 g/mol. The van der Waals surface area contributed by atoms with E-state index in [4.69, 9.17) is 14.2 Å². The quantitative estimate of drug-likeness (QED) is 0.592. The Bertz CT molecular complexity index is 449. The molecule has 0 heterocycles. The first kappa shape index (κ1) is 17.4. The minimum atomic E-state index is -0.569. The van der Waals surface area contributed by atoms with Gasteiger partial charge in [-0.25, -0.2) is 9.18 Å². The van der Waals surface area contributed by atoms with Crippen LogP contribution in [0.15, 0.2) is 18.2 Å². The van der Waals surface area contributed by atoms with Crippen LogP contribution in [-0.2, 0) is 20.8 Å². The highest BCUT2D eigenvalue weighted by Crippen LogP contribution is 2.20. The van der Waals surface area contributed by atoms with Gasteiger partial charge in [0.1, 0.15) is 5.82 Å². The Balaban J connectivity index is 2.61. The van der Waals surface area contributed by atoms with Gasteiger partial charge in [0.25, 0.3) is 0 Å². The fraction of sp³-hybridized carbons (Fsp3) is 0.533. The predicted molar refractivity (Wildman–Crippen MR) is 76.3 cm³/mol. The van der Waals surface area contributed by atoms with Crippen molar-refractivity contribution in [1.82, 2.24) is 5.32 Å². The smallest absolute Gasteiger partial charge is 0.407 e. The zero-order valence-corrected chi connectivity index (χ0v) is 12.6. The molecule has 0 aromatic heterocycles. The molecule has 0 aliphatic heterocycles. The number of carbonyl (C=O) groups is 1. The molecule has 6 heteroatoms. The van der Waals surface area contributed by atoms with Crippen molar-refractivity contribution in [2.75, 3.05) is 20.8 Å². The van der Waals surface area contributed by atoms with Crippen LogP contribution in [0.25, 0.3) is 0 Å². The first-order chi connectivity index (χ1) is 10.1. The maximum Gasteiger partial charge on any atom is 0.407 e. The average molecular weight is 299 g/mol. The van der Waals surface area contributed by atoms with Crippen molar-refractivity contribution in [3.05, 3.63) is 35.1 Å². The standard InChI is InChI=1S/C15H22FNO4/c1-4-5-8-21-15(18)17-10-12-9-11(6-7-13(12)16)14(19-2)20-3/h6-7,9,14H,4-5,8,10H2,1-3H3,(H,17,18). The van der Waals surface area contributed by atoms with Crippen LogP contribution < -0.4 is 5.32 Å². The summed E-state index contributed by atoms with van der Waals surface area (Å²) in [6, 6.07) is 4.50. The first-order valence-corrected chi connectivity index (χ1v) is 6.86. The van der Waals surface area contributed by atoms with E-state index < -0.39 is 18.2 Å². The van der Waals surface area contributed by atoms with Crippen LogP contribution in [0.1, 0.15) is 37.2 Å². The van der Waals surface area contributed by atoms with E-state index >= 15 is 0 Å². The third-order valence-corrected chi connectivity index (χ3v) is 2.92. The van der Waals surface area contributed by atoms with E-state index in [1.54, 1.807) is 12.1 Å². The van der Waals surface area contributed by atoms with E-state index in [0.29, 0.717) is 17.7 Å². The number of amides is 1. The maximum absolute atomic E-state index is 13.7. The molecular weight excluding hydrogens is 277 g/mol. The number of methoxy groups -OCH3 is 2. The van der Waals surface area contributed by atoms with Crippen LogP contribution in [0.5, 0.6) is 0 Å². The highest BCUT2D eigenvalue weighted by Gasteiger charge is 2.12. The Morgan fingerprint density at radius 1 is 1.33 bits per heavy atom. The summed E-state index contributed by atoms with van der Waals surface area (Å²) in [6.07, 6.45) is 0.629. The second-order valence-electron chi connectivity index (χ2n) is 4.50. The number of rotatable bonds is 8. The van der Waals surface area contributed by atoms with Gasteiger partial charge in [0.15, 0.2) is 6.29 Å². The second-order valence-corrected chi connectivity index (χ2v) is 4.50. The van der Waals surface area contributed by atoms with E-state index in [1.807, 2.05) is 6.92 Å². The van der Waals surface area contributed by atoms with E-state index in [2.05, 4.69) is 5.32 Å². The molecule has 0 saturated carbocycles. The van der Waals surface area contributed by atoms with Gasteiger partial charge in [0, 0.05) is 31.9 Å². The normalized spacial score (nSPS) is 10.7. The van der Waals surface area contributed by atoms with Crippen molar-refractivity contribution in [1.29, 1.82) is 0 Å². The van der Waals surface area contributed by atoms with Gasteiger partial charge in [0.2, 0.25) is 0 Å². The van der Waals surface area contributed by atoms with E-state index in [1.165, 1.54) is 20.3 Å². The maximum atomic E-state index is 13.7. The lowest BCUT2D eigenvalue weighted by atomic mass is 10.1. The van der Waals surface area contributed by atoms with Gasteiger partial charge in [0.05, 0.1) is 6.61 Å². The van der Waals surface area contributed by atoms with Crippen molar-refractivity contribution >= 4 is 6.09 Å². The molecule has 5 nitrogen and oxygen atoms in total. The lowest BCUT2D eigenvalue weighted by molar-refractivity contribution is -0.106. The van der Waals surface area contributed by atoms with Crippen LogP contribution in [0.3, 0.4) is 0 Å². The molecule has 1 aromatic rings. The summed E-state index contributed by atoms with van der Waals surface area (Å²) in [5, 5.41) is 2.52. The average Bonchev–Trinajstić information content (AvgIpc) is 2.49. The fourth-order valence-corrected chi connectivity index (χ4v) is 1.77. The lowest BCUT2D eigenvalue weighted by Gasteiger charge is -2.15. The molecule has 21 heavy (non-hydrogen) atoms. The number of hydrogen-bond donors (Lipinski definition) is 1. The summed E-state index contributed by atoms with van der Waals surface area (Å²) in [7, 11) is 3.00.